The van der Waals surface area contributed by atoms with Gasteiger partial charge < -0.3 is 18.9 Å². The molecule has 0 unspecified atom stereocenters. The van der Waals surface area contributed by atoms with E-state index < -0.39 is 5.63 Å². The van der Waals surface area contributed by atoms with Crippen LogP contribution in [0, 0.1) is 20.8 Å². The highest BCUT2D eigenvalue weighted by Crippen LogP contribution is 2.40. The number of fused-ring (bicyclic) bond motifs is 3. The maximum absolute atomic E-state index is 13.0. The first-order valence-corrected chi connectivity index (χ1v) is 12.0. The van der Waals surface area contributed by atoms with E-state index in [-0.39, 0.29) is 12.3 Å². The normalized spacial score (nSPS) is 11.3. The fourth-order valence-electron chi connectivity index (χ4n) is 4.40. The number of carbonyl (C=O) groups is 1. The summed E-state index contributed by atoms with van der Waals surface area (Å²) >= 11 is 1.55. The molecule has 0 spiro atoms. The minimum Gasteiger partial charge on any atom is -0.497 e. The quantitative estimate of drug-likeness (QED) is 0.319. The van der Waals surface area contributed by atoms with Crippen LogP contribution < -0.4 is 15.7 Å². The second kappa shape index (κ2) is 9.03. The van der Waals surface area contributed by atoms with Gasteiger partial charge in [-0.1, -0.05) is 0 Å². The molecular formula is C27H24N2O5S. The molecule has 0 radical (unpaired) electrons. The Morgan fingerprint density at radius 3 is 2.49 bits per heavy atom. The third-order valence-corrected chi connectivity index (χ3v) is 6.81. The van der Waals surface area contributed by atoms with Gasteiger partial charge in [0.25, 0.3) is 0 Å². The molecule has 3 heterocycles. The lowest BCUT2D eigenvalue weighted by Crippen LogP contribution is -2.24. The molecule has 5 rings (SSSR count). The van der Waals surface area contributed by atoms with E-state index in [2.05, 4.69) is 10.3 Å². The van der Waals surface area contributed by atoms with Crippen molar-refractivity contribution in [2.24, 2.45) is 0 Å². The fourth-order valence-corrected chi connectivity index (χ4v) is 5.01. The highest BCUT2D eigenvalue weighted by molar-refractivity contribution is 7.09. The molecule has 2 aromatic carbocycles. The van der Waals surface area contributed by atoms with Gasteiger partial charge in [-0.2, -0.15) is 0 Å². The van der Waals surface area contributed by atoms with Crippen molar-refractivity contribution in [1.82, 2.24) is 10.3 Å². The molecule has 1 N–H and O–H groups in total. The summed E-state index contributed by atoms with van der Waals surface area (Å²) in [5.41, 5.74) is 4.71. The lowest BCUT2D eigenvalue weighted by Gasteiger charge is -2.07. The largest absolute Gasteiger partial charge is 0.497 e. The van der Waals surface area contributed by atoms with E-state index in [1.165, 1.54) is 6.07 Å². The van der Waals surface area contributed by atoms with Gasteiger partial charge in [0, 0.05) is 28.0 Å². The Morgan fingerprint density at radius 1 is 1.06 bits per heavy atom. The summed E-state index contributed by atoms with van der Waals surface area (Å²) in [6.07, 6.45) is 0.125. The fraction of sp³-hybridized carbons (Fsp3) is 0.222. The number of ether oxygens (including phenoxy) is 1. The van der Waals surface area contributed by atoms with Crippen LogP contribution in [0.5, 0.6) is 5.75 Å². The zero-order valence-corrected chi connectivity index (χ0v) is 20.7. The van der Waals surface area contributed by atoms with E-state index in [0.29, 0.717) is 23.5 Å². The lowest BCUT2D eigenvalue weighted by atomic mass is 9.97. The van der Waals surface area contributed by atoms with Gasteiger partial charge in [0.05, 0.1) is 36.2 Å². The Balaban J connectivity index is 1.64. The second-order valence-corrected chi connectivity index (χ2v) is 9.53. The van der Waals surface area contributed by atoms with Crippen LogP contribution in [0.15, 0.2) is 55.4 Å². The Kier molecular flexibility index (Phi) is 5.90. The van der Waals surface area contributed by atoms with Crippen LogP contribution in [-0.2, 0) is 17.8 Å². The lowest BCUT2D eigenvalue weighted by molar-refractivity contribution is -0.120. The maximum atomic E-state index is 13.0. The molecule has 3 aromatic heterocycles. The number of benzene rings is 2. The van der Waals surface area contributed by atoms with Crippen molar-refractivity contribution in [3.8, 4) is 17.1 Å². The van der Waals surface area contributed by atoms with Crippen LogP contribution in [0.25, 0.3) is 33.3 Å². The predicted octanol–water partition coefficient (Wildman–Crippen LogP) is 5.46. The number of aryl methyl sites for hydroxylation is 3. The Labute approximate surface area is 205 Å². The van der Waals surface area contributed by atoms with E-state index in [1.807, 2.05) is 56.5 Å². The van der Waals surface area contributed by atoms with Crippen molar-refractivity contribution in [3.05, 3.63) is 79.6 Å². The van der Waals surface area contributed by atoms with Gasteiger partial charge in [-0.3, -0.25) is 4.79 Å². The van der Waals surface area contributed by atoms with Crippen molar-refractivity contribution in [2.45, 2.75) is 33.7 Å². The molecule has 1 amide bonds. The first kappa shape index (κ1) is 22.9. The van der Waals surface area contributed by atoms with Gasteiger partial charge >= 0.3 is 5.63 Å². The molecule has 0 bridgehead atoms. The topological polar surface area (TPSA) is 94.6 Å². The van der Waals surface area contributed by atoms with Crippen LogP contribution in [0.1, 0.15) is 27.4 Å². The van der Waals surface area contributed by atoms with E-state index in [1.54, 1.807) is 18.4 Å². The number of rotatable bonds is 6. The van der Waals surface area contributed by atoms with E-state index in [9.17, 15) is 9.59 Å². The SMILES string of the molecule is COc1ccc(-c2oc3c(c(C)cc4oc(=O)cc(C)c43)c2CC(=O)NCc2csc(C)n2)cc1. The Morgan fingerprint density at radius 2 is 1.80 bits per heavy atom. The molecule has 7 nitrogen and oxygen atoms in total. The zero-order chi connectivity index (χ0) is 24.7. The minimum absolute atomic E-state index is 0.125. The van der Waals surface area contributed by atoms with Crippen molar-refractivity contribution in [3.63, 3.8) is 0 Å². The van der Waals surface area contributed by atoms with Gasteiger partial charge in [-0.05, 0) is 62.2 Å². The smallest absolute Gasteiger partial charge is 0.336 e. The first-order chi connectivity index (χ1) is 16.8. The molecule has 0 saturated heterocycles. The highest BCUT2D eigenvalue weighted by atomic mass is 32.1. The van der Waals surface area contributed by atoms with Crippen LogP contribution in [-0.4, -0.2) is 18.0 Å². The summed E-state index contributed by atoms with van der Waals surface area (Å²) in [6.45, 7) is 6.08. The summed E-state index contributed by atoms with van der Waals surface area (Å²) in [5, 5.41) is 7.45. The summed E-state index contributed by atoms with van der Waals surface area (Å²) in [5.74, 6) is 1.19. The summed E-state index contributed by atoms with van der Waals surface area (Å²) in [4.78, 5) is 29.4. The van der Waals surface area contributed by atoms with Gasteiger partial charge in [-0.15, -0.1) is 11.3 Å². The standard InChI is InChI=1S/C27H24N2O5S/c1-14-9-21-25(15(2)10-23(31)33-21)27-24(14)20(11-22(30)28-12-18-13-35-16(3)29-18)26(34-27)17-5-7-19(32-4)8-6-17/h5-10,13H,11-12H2,1-4H3,(H,28,30). The third-order valence-electron chi connectivity index (χ3n) is 5.98. The average Bonchev–Trinajstić information content (AvgIpc) is 3.41. The molecule has 0 fully saturated rings. The number of methoxy groups -OCH3 is 1. The highest BCUT2D eigenvalue weighted by Gasteiger charge is 2.23. The molecule has 8 heteroatoms. The second-order valence-electron chi connectivity index (χ2n) is 8.47. The van der Waals surface area contributed by atoms with Crippen molar-refractivity contribution >= 4 is 39.2 Å². The van der Waals surface area contributed by atoms with E-state index in [4.69, 9.17) is 13.6 Å². The monoisotopic (exact) mass is 488 g/mol. The molecule has 0 aliphatic rings. The number of hydrogen-bond donors (Lipinski definition) is 1. The van der Waals surface area contributed by atoms with Crippen LogP contribution >= 0.6 is 11.3 Å². The van der Waals surface area contributed by atoms with Crippen molar-refractivity contribution < 1.29 is 18.4 Å². The number of thiazole rings is 1. The summed E-state index contributed by atoms with van der Waals surface area (Å²) < 4.78 is 17.2. The van der Waals surface area contributed by atoms with Crippen LogP contribution in [0.4, 0.5) is 0 Å². The molecule has 35 heavy (non-hydrogen) atoms. The first-order valence-electron chi connectivity index (χ1n) is 11.2. The number of nitrogens with zero attached hydrogens (tertiary/aromatic N) is 1. The molecule has 0 aliphatic carbocycles. The van der Waals surface area contributed by atoms with E-state index in [0.717, 1.165) is 49.5 Å². The average molecular weight is 489 g/mol. The molecule has 0 aliphatic heterocycles. The van der Waals surface area contributed by atoms with Crippen LogP contribution in [0.3, 0.4) is 0 Å². The summed E-state index contributed by atoms with van der Waals surface area (Å²) in [6, 6.07) is 10.8. The molecule has 178 valence electrons. The number of aromatic nitrogens is 1. The minimum atomic E-state index is -0.410. The number of carbonyl (C=O) groups excluding carboxylic acids is 1. The van der Waals surface area contributed by atoms with E-state index >= 15 is 0 Å². The van der Waals surface area contributed by atoms with Crippen molar-refractivity contribution in [1.29, 1.82) is 0 Å². The third kappa shape index (κ3) is 4.33. The van der Waals surface area contributed by atoms with Gasteiger partial charge in [0.2, 0.25) is 5.91 Å². The van der Waals surface area contributed by atoms with Gasteiger partial charge in [-0.25, -0.2) is 9.78 Å². The Hall–Kier alpha value is -3.91. The molecule has 0 atom stereocenters. The molecular weight excluding hydrogens is 464 g/mol. The molecule has 0 saturated carbocycles. The number of hydrogen-bond acceptors (Lipinski definition) is 7. The number of amides is 1. The van der Waals surface area contributed by atoms with Gasteiger partial charge in [0.1, 0.15) is 22.7 Å². The number of nitrogens with one attached hydrogen (secondary N) is 1. The maximum Gasteiger partial charge on any atom is 0.336 e. The summed E-state index contributed by atoms with van der Waals surface area (Å²) in [7, 11) is 1.61. The number of furan rings is 1. The molecule has 5 aromatic rings. The van der Waals surface area contributed by atoms with Gasteiger partial charge in [0.15, 0.2) is 0 Å². The van der Waals surface area contributed by atoms with Crippen molar-refractivity contribution in [2.75, 3.05) is 7.11 Å². The Bertz CT molecular complexity index is 1630. The van der Waals surface area contributed by atoms with Crippen LogP contribution in [0.2, 0.25) is 0 Å². The zero-order valence-electron chi connectivity index (χ0n) is 19.9. The predicted molar refractivity (Wildman–Crippen MR) is 136 cm³/mol.